The predicted octanol–water partition coefficient (Wildman–Crippen LogP) is 3.36. The van der Waals surface area contributed by atoms with E-state index in [9.17, 15) is 0 Å². The molecule has 4 N–H and O–H groups in total. The lowest BCUT2D eigenvalue weighted by molar-refractivity contribution is 0.375. The Labute approximate surface area is 124 Å². The number of benzene rings is 1. The van der Waals surface area contributed by atoms with Crippen LogP contribution in [-0.2, 0) is 0 Å². The van der Waals surface area contributed by atoms with E-state index in [2.05, 4.69) is 53.6 Å². The SMILES string of the molecule is CCC(C(C)C)n1ccc2c3c(N)nc(N)nc3ccc21. The van der Waals surface area contributed by atoms with Crippen LogP contribution in [0.1, 0.15) is 33.2 Å². The molecular weight excluding hydrogens is 262 g/mol. The molecule has 5 nitrogen and oxygen atoms in total. The molecule has 0 aliphatic rings. The number of nitrogens with two attached hydrogens (primary N) is 2. The maximum Gasteiger partial charge on any atom is 0.222 e. The Balaban J connectivity index is 2.32. The Morgan fingerprint density at radius 1 is 1.14 bits per heavy atom. The first-order valence-electron chi connectivity index (χ1n) is 7.35. The second kappa shape index (κ2) is 4.91. The van der Waals surface area contributed by atoms with E-state index < -0.39 is 0 Å². The van der Waals surface area contributed by atoms with Crippen molar-refractivity contribution < 1.29 is 0 Å². The molecule has 3 rings (SSSR count). The minimum absolute atomic E-state index is 0.215. The molecule has 21 heavy (non-hydrogen) atoms. The number of rotatable bonds is 3. The molecule has 0 spiro atoms. The average Bonchev–Trinajstić information content (AvgIpc) is 2.82. The van der Waals surface area contributed by atoms with Gasteiger partial charge in [0.05, 0.1) is 10.9 Å². The smallest absolute Gasteiger partial charge is 0.222 e. The number of anilines is 2. The van der Waals surface area contributed by atoms with Gasteiger partial charge >= 0.3 is 0 Å². The average molecular weight is 283 g/mol. The summed E-state index contributed by atoms with van der Waals surface area (Å²) in [5.74, 6) is 1.23. The monoisotopic (exact) mass is 283 g/mol. The van der Waals surface area contributed by atoms with Crippen molar-refractivity contribution >= 4 is 33.6 Å². The van der Waals surface area contributed by atoms with E-state index in [1.54, 1.807) is 0 Å². The second-order valence-corrected chi connectivity index (χ2v) is 5.80. The van der Waals surface area contributed by atoms with Gasteiger partial charge in [-0.05, 0) is 30.5 Å². The van der Waals surface area contributed by atoms with Gasteiger partial charge in [-0.15, -0.1) is 0 Å². The van der Waals surface area contributed by atoms with Crippen molar-refractivity contribution in [3.63, 3.8) is 0 Å². The highest BCUT2D eigenvalue weighted by molar-refractivity contribution is 6.10. The lowest BCUT2D eigenvalue weighted by Gasteiger charge is -2.22. The number of nitrogen functional groups attached to an aromatic ring is 2. The van der Waals surface area contributed by atoms with Gasteiger partial charge in [0.2, 0.25) is 5.95 Å². The van der Waals surface area contributed by atoms with E-state index in [1.165, 1.54) is 5.52 Å². The molecule has 0 radical (unpaired) electrons. The summed E-state index contributed by atoms with van der Waals surface area (Å²) < 4.78 is 2.33. The number of hydrogen-bond acceptors (Lipinski definition) is 4. The van der Waals surface area contributed by atoms with Gasteiger partial charge in [0.25, 0.3) is 0 Å². The van der Waals surface area contributed by atoms with Crippen LogP contribution >= 0.6 is 0 Å². The van der Waals surface area contributed by atoms with Gasteiger partial charge in [0.15, 0.2) is 0 Å². The van der Waals surface area contributed by atoms with E-state index in [0.717, 1.165) is 22.7 Å². The molecular formula is C16H21N5. The molecule has 0 saturated carbocycles. The Hall–Kier alpha value is -2.30. The van der Waals surface area contributed by atoms with Crippen molar-refractivity contribution in [3.8, 4) is 0 Å². The first kappa shape index (κ1) is 13.7. The first-order chi connectivity index (χ1) is 10.0. The molecule has 2 aromatic heterocycles. The van der Waals surface area contributed by atoms with Crippen LogP contribution in [0, 0.1) is 5.92 Å². The van der Waals surface area contributed by atoms with Crippen LogP contribution in [0.4, 0.5) is 11.8 Å². The molecule has 0 amide bonds. The summed E-state index contributed by atoms with van der Waals surface area (Å²) >= 11 is 0. The third kappa shape index (κ3) is 2.09. The van der Waals surface area contributed by atoms with Crippen LogP contribution < -0.4 is 11.5 Å². The van der Waals surface area contributed by atoms with E-state index >= 15 is 0 Å². The van der Waals surface area contributed by atoms with E-state index in [1.807, 2.05) is 6.07 Å². The summed E-state index contributed by atoms with van der Waals surface area (Å²) in [5.41, 5.74) is 13.7. The fraction of sp³-hybridized carbons (Fsp3) is 0.375. The Morgan fingerprint density at radius 2 is 1.90 bits per heavy atom. The topological polar surface area (TPSA) is 82.8 Å². The van der Waals surface area contributed by atoms with Gasteiger partial charge in [-0.25, -0.2) is 4.98 Å². The van der Waals surface area contributed by atoms with E-state index in [-0.39, 0.29) is 5.95 Å². The van der Waals surface area contributed by atoms with Crippen molar-refractivity contribution in [2.24, 2.45) is 5.92 Å². The summed E-state index contributed by atoms with van der Waals surface area (Å²) in [7, 11) is 0. The van der Waals surface area contributed by atoms with Gasteiger partial charge in [0, 0.05) is 23.1 Å². The quantitative estimate of drug-likeness (QED) is 0.772. The maximum absolute atomic E-state index is 6.06. The Morgan fingerprint density at radius 3 is 2.57 bits per heavy atom. The molecule has 0 aliphatic carbocycles. The molecule has 2 heterocycles. The molecule has 1 aromatic carbocycles. The van der Waals surface area contributed by atoms with E-state index in [4.69, 9.17) is 11.5 Å². The Bertz CT molecular complexity index is 803. The predicted molar refractivity (Wildman–Crippen MR) is 88.0 cm³/mol. The number of fused-ring (bicyclic) bond motifs is 3. The van der Waals surface area contributed by atoms with Crippen molar-refractivity contribution in [3.05, 3.63) is 24.4 Å². The molecule has 0 bridgehead atoms. The van der Waals surface area contributed by atoms with Crippen LogP contribution in [0.2, 0.25) is 0 Å². The van der Waals surface area contributed by atoms with Crippen molar-refractivity contribution in [2.45, 2.75) is 33.2 Å². The molecule has 1 atom stereocenters. The van der Waals surface area contributed by atoms with Gasteiger partial charge in [-0.3, -0.25) is 0 Å². The zero-order valence-corrected chi connectivity index (χ0v) is 12.7. The lowest BCUT2D eigenvalue weighted by atomic mass is 10.0. The highest BCUT2D eigenvalue weighted by Crippen LogP contribution is 2.33. The lowest BCUT2D eigenvalue weighted by Crippen LogP contribution is -2.13. The number of aromatic nitrogens is 3. The first-order valence-corrected chi connectivity index (χ1v) is 7.35. The Kier molecular flexibility index (Phi) is 3.20. The van der Waals surface area contributed by atoms with Crippen LogP contribution in [0.25, 0.3) is 21.8 Å². The molecule has 3 aromatic rings. The van der Waals surface area contributed by atoms with Crippen LogP contribution in [0.5, 0.6) is 0 Å². The highest BCUT2D eigenvalue weighted by atomic mass is 15.0. The summed E-state index contributed by atoms with van der Waals surface area (Å²) in [6.45, 7) is 6.72. The molecule has 110 valence electrons. The second-order valence-electron chi connectivity index (χ2n) is 5.80. The number of nitrogens with zero attached hydrogens (tertiary/aromatic N) is 3. The third-order valence-corrected chi connectivity index (χ3v) is 4.15. The van der Waals surface area contributed by atoms with Crippen LogP contribution in [0.3, 0.4) is 0 Å². The fourth-order valence-electron chi connectivity index (χ4n) is 3.19. The summed E-state index contributed by atoms with van der Waals surface area (Å²) in [6, 6.07) is 6.62. The third-order valence-electron chi connectivity index (χ3n) is 4.15. The maximum atomic E-state index is 6.06. The number of hydrogen-bond donors (Lipinski definition) is 2. The van der Waals surface area contributed by atoms with Crippen LogP contribution in [-0.4, -0.2) is 14.5 Å². The van der Waals surface area contributed by atoms with Crippen molar-refractivity contribution in [2.75, 3.05) is 11.5 Å². The minimum atomic E-state index is 0.215. The molecule has 0 saturated heterocycles. The van der Waals surface area contributed by atoms with Gasteiger partial charge in [-0.1, -0.05) is 20.8 Å². The molecule has 1 unspecified atom stereocenters. The molecule has 0 aliphatic heterocycles. The standard InChI is InChI=1S/C16H21N5/c1-4-12(9(2)3)21-8-7-10-13(21)6-5-11-14(10)15(17)20-16(18)19-11/h5-9,12H,4H2,1-3H3,(H4,17,18,19,20). The van der Waals surface area contributed by atoms with Crippen molar-refractivity contribution in [1.82, 2.24) is 14.5 Å². The zero-order valence-electron chi connectivity index (χ0n) is 12.7. The summed E-state index contributed by atoms with van der Waals surface area (Å²) in [6.07, 6.45) is 3.22. The molecule has 0 fully saturated rings. The van der Waals surface area contributed by atoms with E-state index in [0.29, 0.717) is 17.8 Å². The fourth-order valence-corrected chi connectivity index (χ4v) is 3.19. The van der Waals surface area contributed by atoms with Gasteiger partial charge in [0.1, 0.15) is 5.82 Å². The molecule has 5 heteroatoms. The largest absolute Gasteiger partial charge is 0.383 e. The summed E-state index contributed by atoms with van der Waals surface area (Å²) in [5, 5.41) is 1.98. The summed E-state index contributed by atoms with van der Waals surface area (Å²) in [4.78, 5) is 8.37. The van der Waals surface area contributed by atoms with Crippen LogP contribution in [0.15, 0.2) is 24.4 Å². The van der Waals surface area contributed by atoms with Crippen molar-refractivity contribution in [1.29, 1.82) is 0 Å². The highest BCUT2D eigenvalue weighted by Gasteiger charge is 2.17. The van der Waals surface area contributed by atoms with Gasteiger partial charge < -0.3 is 16.0 Å². The minimum Gasteiger partial charge on any atom is -0.383 e. The zero-order chi connectivity index (χ0) is 15.1. The normalized spacial score (nSPS) is 13.3. The van der Waals surface area contributed by atoms with Gasteiger partial charge in [-0.2, -0.15) is 4.98 Å².